The lowest BCUT2D eigenvalue weighted by Gasteiger charge is -2.29. The number of aromatic amines is 1. The second-order valence-corrected chi connectivity index (χ2v) is 15.6. The largest absolute Gasteiger partial charge is 0.505 e. The normalized spacial score (nSPS) is 15.3. The first-order valence-electron chi connectivity index (χ1n) is 16.3. The van der Waals surface area contributed by atoms with E-state index in [1.54, 1.807) is 78.9 Å². The molecule has 286 valence electrons. The van der Waals surface area contributed by atoms with Crippen LogP contribution in [0.2, 0.25) is 0 Å². The number of para-hydroxylation sites is 2. The van der Waals surface area contributed by atoms with E-state index in [4.69, 9.17) is 18.6 Å². The van der Waals surface area contributed by atoms with Crippen LogP contribution in [0.3, 0.4) is 0 Å². The van der Waals surface area contributed by atoms with Crippen LogP contribution < -0.4 is 9.47 Å². The summed E-state index contributed by atoms with van der Waals surface area (Å²) in [7, 11) is -2.17. The van der Waals surface area contributed by atoms with Crippen molar-refractivity contribution in [1.29, 1.82) is 0 Å². The number of hydrogen-bond donors (Lipinski definition) is 2. The van der Waals surface area contributed by atoms with Gasteiger partial charge in [0.15, 0.2) is 17.2 Å². The summed E-state index contributed by atoms with van der Waals surface area (Å²) in [6.07, 6.45) is 0. The number of methoxy groups -OCH3 is 2. The molecule has 4 aromatic carbocycles. The van der Waals surface area contributed by atoms with Crippen LogP contribution >= 0.6 is 0 Å². The summed E-state index contributed by atoms with van der Waals surface area (Å²) in [5.74, 6) is -0.270. The molecule has 2 N–H and O–H groups in total. The Morgan fingerprint density at radius 3 is 1.86 bits per heavy atom. The summed E-state index contributed by atoms with van der Waals surface area (Å²) >= 11 is 0. The zero-order chi connectivity index (χ0) is 39.8. The van der Waals surface area contributed by atoms with E-state index >= 15 is 0 Å². The van der Waals surface area contributed by atoms with Crippen molar-refractivity contribution in [1.82, 2.24) is 39.4 Å². The molecule has 2 aromatic heterocycles. The first-order chi connectivity index (χ1) is 26.9. The standard InChI is InChI=1S/C26H21N3O7S.C10H9N5O3S/c1-29-22(25-28-27-24(36-25)16-10-4-7-13-19(16)33-2)23(18-12-6-9-15-21(18)37(29,31)32)35-26(30)17-11-5-8-14-20(17)34-3;1-15-8(10-11-13-14-12-10)9(16)6-4-2-3-5-7(6)19(15,17)18/h4-15H,1-3H3;2-5,16H,1H3,(H,11,12,13,14). The predicted octanol–water partition coefficient (Wildman–Crippen LogP) is 4.29. The minimum atomic E-state index is -4.03. The van der Waals surface area contributed by atoms with Crippen LogP contribution in [0.4, 0.5) is 0 Å². The average molecular weight is 799 g/mol. The number of aliphatic hydroxyl groups excluding tert-OH is 1. The summed E-state index contributed by atoms with van der Waals surface area (Å²) in [5, 5.41) is 31.4. The Morgan fingerprint density at radius 2 is 1.21 bits per heavy atom. The number of fused-ring (bicyclic) bond motifs is 2. The molecule has 6 aromatic rings. The number of esters is 1. The van der Waals surface area contributed by atoms with E-state index in [1.807, 2.05) is 0 Å². The third kappa shape index (κ3) is 6.35. The number of aromatic nitrogens is 6. The molecule has 2 aliphatic rings. The highest BCUT2D eigenvalue weighted by Crippen LogP contribution is 2.42. The third-order valence-electron chi connectivity index (χ3n) is 8.66. The maximum Gasteiger partial charge on any atom is 0.347 e. The van der Waals surface area contributed by atoms with Crippen LogP contribution in [-0.2, 0) is 24.8 Å². The fourth-order valence-electron chi connectivity index (χ4n) is 5.90. The van der Waals surface area contributed by atoms with Gasteiger partial charge in [-0.15, -0.1) is 20.4 Å². The van der Waals surface area contributed by atoms with Crippen molar-refractivity contribution in [3.8, 4) is 23.0 Å². The first kappa shape index (κ1) is 37.3. The van der Waals surface area contributed by atoms with Gasteiger partial charge in [-0.25, -0.2) is 21.6 Å². The van der Waals surface area contributed by atoms with Gasteiger partial charge >= 0.3 is 5.97 Å². The molecular weight excluding hydrogens is 769 g/mol. The molecule has 0 saturated heterocycles. The Bertz CT molecular complexity index is 2770. The number of tetrazole rings is 1. The third-order valence-corrected chi connectivity index (χ3v) is 12.3. The average Bonchev–Trinajstić information content (AvgIpc) is 3.93. The number of nitrogens with one attached hydrogen (secondary N) is 1. The molecule has 0 spiro atoms. The molecule has 0 aliphatic carbocycles. The Labute approximate surface area is 319 Å². The molecule has 8 rings (SSSR count). The summed E-state index contributed by atoms with van der Waals surface area (Å²) in [6, 6.07) is 26.0. The van der Waals surface area contributed by atoms with Gasteiger partial charge in [-0.2, -0.15) is 5.21 Å². The molecule has 0 atom stereocenters. The van der Waals surface area contributed by atoms with E-state index in [9.17, 15) is 26.7 Å². The molecule has 4 heterocycles. The van der Waals surface area contributed by atoms with Crippen molar-refractivity contribution >= 4 is 48.9 Å². The molecule has 56 heavy (non-hydrogen) atoms. The number of H-pyrrole nitrogens is 1. The number of sulfonamides is 2. The van der Waals surface area contributed by atoms with Crippen LogP contribution in [0.25, 0.3) is 34.4 Å². The minimum absolute atomic E-state index is 0.00699. The van der Waals surface area contributed by atoms with E-state index in [0.29, 0.717) is 17.1 Å². The SMILES string of the molecule is CN1C(c2nn[nH]n2)=C(O)c2ccccc2S1(=O)=O.COc1ccccc1C(=O)OC1=C(c2nnc(-c3ccccc3OC)o2)N(C)S(=O)(=O)c2ccccc21. The van der Waals surface area contributed by atoms with Crippen molar-refractivity contribution in [2.24, 2.45) is 0 Å². The van der Waals surface area contributed by atoms with Crippen molar-refractivity contribution < 1.29 is 45.4 Å². The predicted molar refractivity (Wildman–Crippen MR) is 198 cm³/mol. The highest BCUT2D eigenvalue weighted by atomic mass is 32.2. The zero-order valence-corrected chi connectivity index (χ0v) is 31.4. The molecular formula is C36H30N8O10S2. The molecule has 0 amide bonds. The molecule has 20 heteroatoms. The maximum atomic E-state index is 13.4. The van der Waals surface area contributed by atoms with Gasteiger partial charge < -0.3 is 23.7 Å². The molecule has 0 bridgehead atoms. The molecule has 0 fully saturated rings. The van der Waals surface area contributed by atoms with E-state index in [-0.39, 0.29) is 67.0 Å². The van der Waals surface area contributed by atoms with Gasteiger partial charge in [0.1, 0.15) is 22.8 Å². The number of aliphatic hydroxyl groups is 1. The Balaban J connectivity index is 0.000000211. The van der Waals surface area contributed by atoms with Gasteiger partial charge in [0, 0.05) is 25.2 Å². The maximum absolute atomic E-state index is 13.4. The van der Waals surface area contributed by atoms with Crippen molar-refractivity contribution in [2.75, 3.05) is 28.3 Å². The fourth-order valence-corrected chi connectivity index (χ4v) is 8.69. The van der Waals surface area contributed by atoms with E-state index in [0.717, 1.165) is 8.61 Å². The van der Waals surface area contributed by atoms with Crippen LogP contribution in [0.5, 0.6) is 11.5 Å². The number of benzene rings is 4. The Hall–Kier alpha value is -7.06. The second-order valence-electron chi connectivity index (χ2n) is 11.8. The lowest BCUT2D eigenvalue weighted by Crippen LogP contribution is -2.32. The van der Waals surface area contributed by atoms with Gasteiger partial charge in [0.2, 0.25) is 5.82 Å². The van der Waals surface area contributed by atoms with Crippen molar-refractivity contribution in [3.05, 3.63) is 125 Å². The molecule has 18 nitrogen and oxygen atoms in total. The van der Waals surface area contributed by atoms with Crippen LogP contribution in [0.15, 0.2) is 111 Å². The number of carbonyl (C=O) groups is 1. The Kier molecular flexibility index (Phi) is 9.74. The van der Waals surface area contributed by atoms with Gasteiger partial charge in [-0.1, -0.05) is 48.5 Å². The number of nitrogens with zero attached hydrogens (tertiary/aromatic N) is 7. The quantitative estimate of drug-likeness (QED) is 0.215. The lowest BCUT2D eigenvalue weighted by atomic mass is 10.1. The fraction of sp³-hybridized carbons (Fsp3) is 0.111. The number of rotatable bonds is 7. The second kappa shape index (κ2) is 14.6. The number of ether oxygens (including phenoxy) is 3. The van der Waals surface area contributed by atoms with Gasteiger partial charge in [0.25, 0.3) is 31.8 Å². The summed E-state index contributed by atoms with van der Waals surface area (Å²) in [5.41, 5.74) is 0.976. The van der Waals surface area contributed by atoms with E-state index in [2.05, 4.69) is 30.8 Å². The zero-order valence-electron chi connectivity index (χ0n) is 29.8. The monoisotopic (exact) mass is 798 g/mol. The first-order valence-corrected chi connectivity index (χ1v) is 19.2. The molecule has 2 aliphatic heterocycles. The van der Waals surface area contributed by atoms with Crippen LogP contribution in [0, 0.1) is 0 Å². The number of hydrogen-bond acceptors (Lipinski definition) is 15. The summed E-state index contributed by atoms with van der Waals surface area (Å²) in [4.78, 5) is 13.3. The minimum Gasteiger partial charge on any atom is -0.505 e. The summed E-state index contributed by atoms with van der Waals surface area (Å²) < 4.78 is 75.8. The molecule has 0 saturated carbocycles. The topological polar surface area (TPSA) is 233 Å². The number of carbonyl (C=O) groups excluding carboxylic acids is 1. The van der Waals surface area contributed by atoms with Gasteiger partial charge in [-0.3, -0.25) is 8.61 Å². The van der Waals surface area contributed by atoms with Gasteiger partial charge in [-0.05, 0) is 53.7 Å². The van der Waals surface area contributed by atoms with Crippen molar-refractivity contribution in [2.45, 2.75) is 9.79 Å². The highest BCUT2D eigenvalue weighted by molar-refractivity contribution is 7.90. The highest BCUT2D eigenvalue weighted by Gasteiger charge is 2.40. The summed E-state index contributed by atoms with van der Waals surface area (Å²) in [6.45, 7) is 0. The van der Waals surface area contributed by atoms with E-state index < -0.39 is 26.0 Å². The Morgan fingerprint density at radius 1 is 0.679 bits per heavy atom. The lowest BCUT2D eigenvalue weighted by molar-refractivity contribution is 0.0687. The smallest absolute Gasteiger partial charge is 0.347 e. The van der Waals surface area contributed by atoms with E-state index in [1.165, 1.54) is 46.5 Å². The molecule has 0 unspecified atom stereocenters. The van der Waals surface area contributed by atoms with Crippen LogP contribution in [0.1, 0.15) is 33.2 Å². The van der Waals surface area contributed by atoms with Crippen LogP contribution in [-0.4, -0.2) is 95.7 Å². The van der Waals surface area contributed by atoms with Gasteiger partial charge in [0.05, 0.1) is 29.6 Å². The molecule has 0 radical (unpaired) electrons. The van der Waals surface area contributed by atoms with Crippen molar-refractivity contribution in [3.63, 3.8) is 0 Å².